The van der Waals surface area contributed by atoms with E-state index in [2.05, 4.69) is 20.1 Å². The van der Waals surface area contributed by atoms with Crippen molar-refractivity contribution in [3.05, 3.63) is 36.4 Å². The fourth-order valence-electron chi connectivity index (χ4n) is 4.05. The fraction of sp³-hybridized carbons (Fsp3) is 0.526. The Kier molecular flexibility index (Phi) is 4.80. The van der Waals surface area contributed by atoms with Crippen LogP contribution in [0.3, 0.4) is 0 Å². The zero-order valence-electron chi connectivity index (χ0n) is 16.0. The standard InChI is InChI=1S/C19H23FN6O3/c20-17-9-14(26-11-16(29-19(26)27)10-25-4-3-21-22-25)1-2-18(17)24-7-5-23(6-8-24)15-12-28-13-15/h1-4,9,15-16H,5-8,10-13H2/t16-/m0/s1. The molecule has 0 aliphatic carbocycles. The molecule has 2 aromatic rings. The molecule has 0 spiro atoms. The van der Waals surface area contributed by atoms with E-state index in [4.69, 9.17) is 9.47 Å². The van der Waals surface area contributed by atoms with Gasteiger partial charge in [0.1, 0.15) is 11.9 Å². The Balaban J connectivity index is 1.23. The summed E-state index contributed by atoms with van der Waals surface area (Å²) in [5, 5.41) is 7.63. The van der Waals surface area contributed by atoms with Crippen LogP contribution < -0.4 is 9.80 Å². The fourth-order valence-corrected chi connectivity index (χ4v) is 4.05. The predicted molar refractivity (Wildman–Crippen MR) is 102 cm³/mol. The molecular weight excluding hydrogens is 379 g/mol. The van der Waals surface area contributed by atoms with Gasteiger partial charge in [0.15, 0.2) is 0 Å². The molecule has 3 aliphatic heterocycles. The van der Waals surface area contributed by atoms with Crippen molar-refractivity contribution in [2.75, 3.05) is 55.7 Å². The molecule has 0 radical (unpaired) electrons. The Labute approximate surface area is 167 Å². The molecule has 3 fully saturated rings. The van der Waals surface area contributed by atoms with E-state index in [0.717, 1.165) is 39.4 Å². The van der Waals surface area contributed by atoms with E-state index in [-0.39, 0.29) is 11.9 Å². The van der Waals surface area contributed by atoms with Gasteiger partial charge in [0.2, 0.25) is 0 Å². The van der Waals surface area contributed by atoms with Crippen LogP contribution in [0.25, 0.3) is 0 Å². The van der Waals surface area contributed by atoms with Crippen molar-refractivity contribution >= 4 is 17.5 Å². The van der Waals surface area contributed by atoms with Crippen LogP contribution in [0.5, 0.6) is 0 Å². The summed E-state index contributed by atoms with van der Waals surface area (Å²) in [6.45, 7) is 5.71. The van der Waals surface area contributed by atoms with Crippen LogP contribution in [0.1, 0.15) is 0 Å². The van der Waals surface area contributed by atoms with Gasteiger partial charge >= 0.3 is 6.09 Å². The first kappa shape index (κ1) is 18.3. The first-order valence-corrected chi connectivity index (χ1v) is 9.86. The van der Waals surface area contributed by atoms with Gasteiger partial charge in [-0.15, -0.1) is 5.10 Å². The van der Waals surface area contributed by atoms with Crippen LogP contribution in [-0.4, -0.2) is 84.1 Å². The summed E-state index contributed by atoms with van der Waals surface area (Å²) in [7, 11) is 0. The molecule has 0 N–H and O–H groups in total. The highest BCUT2D eigenvalue weighted by molar-refractivity contribution is 5.90. The maximum absolute atomic E-state index is 14.9. The third-order valence-electron chi connectivity index (χ3n) is 5.77. The van der Waals surface area contributed by atoms with Crippen molar-refractivity contribution in [3.8, 4) is 0 Å². The second-order valence-corrected chi connectivity index (χ2v) is 7.59. The summed E-state index contributed by atoms with van der Waals surface area (Å²) in [5.41, 5.74) is 1.08. The van der Waals surface area contributed by atoms with Gasteiger partial charge in [0, 0.05) is 32.4 Å². The number of anilines is 2. The lowest BCUT2D eigenvalue weighted by atomic mass is 10.1. The average Bonchev–Trinajstić information content (AvgIpc) is 3.31. The highest BCUT2D eigenvalue weighted by Gasteiger charge is 2.34. The number of hydrogen-bond acceptors (Lipinski definition) is 7. The minimum atomic E-state index is -0.474. The van der Waals surface area contributed by atoms with Crippen molar-refractivity contribution in [2.24, 2.45) is 0 Å². The maximum atomic E-state index is 14.9. The number of carbonyl (C=O) groups excluding carboxylic acids is 1. The Morgan fingerprint density at radius 2 is 2.00 bits per heavy atom. The van der Waals surface area contributed by atoms with Crippen molar-refractivity contribution in [1.82, 2.24) is 19.9 Å². The molecule has 29 heavy (non-hydrogen) atoms. The zero-order valence-corrected chi connectivity index (χ0v) is 16.0. The Bertz CT molecular complexity index is 867. The maximum Gasteiger partial charge on any atom is 0.414 e. The van der Waals surface area contributed by atoms with Gasteiger partial charge in [0.25, 0.3) is 0 Å². The van der Waals surface area contributed by atoms with E-state index in [1.165, 1.54) is 11.0 Å². The molecule has 0 unspecified atom stereocenters. The van der Waals surface area contributed by atoms with Crippen molar-refractivity contribution in [2.45, 2.75) is 18.7 Å². The molecule has 9 nitrogen and oxygen atoms in total. The number of hydrogen-bond donors (Lipinski definition) is 0. The lowest BCUT2D eigenvalue weighted by molar-refractivity contribution is -0.0660. The SMILES string of the molecule is O=C1O[C@@H](Cn2ccnn2)CN1c1ccc(N2CCN(C3COC3)CC2)c(F)c1. The summed E-state index contributed by atoms with van der Waals surface area (Å²) in [6, 6.07) is 5.46. The lowest BCUT2D eigenvalue weighted by Crippen LogP contribution is -2.56. The van der Waals surface area contributed by atoms with E-state index >= 15 is 0 Å². The van der Waals surface area contributed by atoms with Crippen molar-refractivity contribution in [1.29, 1.82) is 0 Å². The number of aromatic nitrogens is 3. The largest absolute Gasteiger partial charge is 0.442 e. The highest BCUT2D eigenvalue weighted by atomic mass is 19.1. The molecule has 10 heteroatoms. The van der Waals surface area contributed by atoms with Gasteiger partial charge < -0.3 is 14.4 Å². The van der Waals surface area contributed by atoms with Crippen molar-refractivity contribution < 1.29 is 18.7 Å². The first-order valence-electron chi connectivity index (χ1n) is 9.86. The number of amides is 1. The molecule has 3 aliphatic rings. The number of rotatable bonds is 5. The molecule has 0 bridgehead atoms. The number of piperazine rings is 1. The van der Waals surface area contributed by atoms with Gasteiger partial charge in [-0.2, -0.15) is 0 Å². The summed E-state index contributed by atoms with van der Waals surface area (Å²) in [5.74, 6) is -0.324. The van der Waals surface area contributed by atoms with E-state index < -0.39 is 6.09 Å². The second kappa shape index (κ2) is 7.60. The number of cyclic esters (lactones) is 1. The van der Waals surface area contributed by atoms with Gasteiger partial charge in [0.05, 0.1) is 49.9 Å². The molecule has 4 heterocycles. The zero-order chi connectivity index (χ0) is 19.8. The summed E-state index contributed by atoms with van der Waals surface area (Å²) in [4.78, 5) is 18.2. The first-order chi connectivity index (χ1) is 14.2. The Morgan fingerprint density at radius 1 is 1.17 bits per heavy atom. The molecule has 1 amide bonds. The van der Waals surface area contributed by atoms with E-state index in [0.29, 0.717) is 30.5 Å². The summed E-state index contributed by atoms with van der Waals surface area (Å²) in [6.07, 6.45) is 2.46. The smallest absolute Gasteiger partial charge is 0.414 e. The van der Waals surface area contributed by atoms with Gasteiger partial charge in [-0.1, -0.05) is 5.21 Å². The minimum Gasteiger partial charge on any atom is -0.442 e. The predicted octanol–water partition coefficient (Wildman–Crippen LogP) is 0.963. The van der Waals surface area contributed by atoms with Gasteiger partial charge in [-0.3, -0.25) is 9.80 Å². The van der Waals surface area contributed by atoms with E-state index in [1.807, 2.05) is 0 Å². The van der Waals surface area contributed by atoms with Crippen LogP contribution in [0.15, 0.2) is 30.6 Å². The number of ether oxygens (including phenoxy) is 2. The van der Waals surface area contributed by atoms with Crippen LogP contribution in [0.2, 0.25) is 0 Å². The molecule has 3 saturated heterocycles. The van der Waals surface area contributed by atoms with Gasteiger partial charge in [-0.25, -0.2) is 13.9 Å². The summed E-state index contributed by atoms with van der Waals surface area (Å²) < 4.78 is 27.1. The third kappa shape index (κ3) is 3.65. The highest BCUT2D eigenvalue weighted by Crippen LogP contribution is 2.29. The van der Waals surface area contributed by atoms with Crippen LogP contribution in [0, 0.1) is 5.82 Å². The van der Waals surface area contributed by atoms with Gasteiger partial charge in [-0.05, 0) is 18.2 Å². The summed E-state index contributed by atoms with van der Waals surface area (Å²) >= 11 is 0. The monoisotopic (exact) mass is 402 g/mol. The Hall–Kier alpha value is -2.72. The van der Waals surface area contributed by atoms with Crippen LogP contribution >= 0.6 is 0 Å². The van der Waals surface area contributed by atoms with Crippen LogP contribution in [-0.2, 0) is 16.0 Å². The average molecular weight is 402 g/mol. The number of halogens is 1. The molecule has 0 saturated carbocycles. The lowest BCUT2D eigenvalue weighted by Gasteiger charge is -2.43. The normalized spacial score (nSPS) is 23.3. The molecule has 1 aromatic heterocycles. The Morgan fingerprint density at radius 3 is 2.66 bits per heavy atom. The molecule has 1 aromatic carbocycles. The van der Waals surface area contributed by atoms with Crippen LogP contribution in [0.4, 0.5) is 20.6 Å². The molecule has 5 rings (SSSR count). The molecule has 1 atom stereocenters. The second-order valence-electron chi connectivity index (χ2n) is 7.59. The molecular formula is C19H23FN6O3. The third-order valence-corrected chi connectivity index (χ3v) is 5.77. The molecule has 154 valence electrons. The van der Waals surface area contributed by atoms with Crippen molar-refractivity contribution in [3.63, 3.8) is 0 Å². The minimum absolute atomic E-state index is 0.324. The van der Waals surface area contributed by atoms with E-state index in [9.17, 15) is 9.18 Å². The number of nitrogens with zero attached hydrogens (tertiary/aromatic N) is 6. The number of carbonyl (C=O) groups is 1. The topological polar surface area (TPSA) is 76.0 Å². The number of benzene rings is 1. The quantitative estimate of drug-likeness (QED) is 0.738. The van der Waals surface area contributed by atoms with E-state index in [1.54, 1.807) is 29.2 Å².